The predicted molar refractivity (Wildman–Crippen MR) is 104 cm³/mol. The van der Waals surface area contributed by atoms with E-state index in [1.165, 1.54) is 0 Å². The van der Waals surface area contributed by atoms with Crippen molar-refractivity contribution in [2.75, 3.05) is 20.2 Å². The van der Waals surface area contributed by atoms with Gasteiger partial charge in [0.25, 0.3) is 0 Å². The Morgan fingerprint density at radius 1 is 1.22 bits per heavy atom. The van der Waals surface area contributed by atoms with Gasteiger partial charge in [0.05, 0.1) is 12.1 Å². The Morgan fingerprint density at radius 2 is 2.04 bits per heavy atom. The fourth-order valence-electron chi connectivity index (χ4n) is 2.79. The van der Waals surface area contributed by atoms with Crippen molar-refractivity contribution in [2.45, 2.75) is 19.4 Å². The molecule has 0 spiro atoms. The van der Waals surface area contributed by atoms with Crippen LogP contribution in [-0.4, -0.2) is 35.6 Å². The summed E-state index contributed by atoms with van der Waals surface area (Å²) in [5.74, 6) is 0.284. The van der Waals surface area contributed by atoms with E-state index in [1.54, 1.807) is 34.7 Å². The van der Waals surface area contributed by atoms with Crippen LogP contribution in [-0.2, 0) is 11.3 Å². The number of hydrogen-bond donors (Lipinski definition) is 0. The highest BCUT2D eigenvalue weighted by Gasteiger charge is 2.11. The average Bonchev–Trinajstić information content (AvgIpc) is 2.97. The monoisotopic (exact) mass is 388 g/mol. The van der Waals surface area contributed by atoms with Gasteiger partial charge in [0.1, 0.15) is 12.4 Å². The summed E-state index contributed by atoms with van der Waals surface area (Å²) in [7, 11) is 1.74. The lowest BCUT2D eigenvalue weighted by molar-refractivity contribution is -0.130. The fraction of sp³-hybridized carbons (Fsp3) is 0.300. The fourth-order valence-corrected chi connectivity index (χ4v) is 2.97. The number of amides is 1. The van der Waals surface area contributed by atoms with Gasteiger partial charge in [0, 0.05) is 25.0 Å². The number of oxazole rings is 1. The maximum Gasteiger partial charge on any atom is 0.419 e. The molecule has 0 saturated heterocycles. The van der Waals surface area contributed by atoms with Gasteiger partial charge in [0.2, 0.25) is 5.91 Å². The molecule has 27 heavy (non-hydrogen) atoms. The first-order valence-corrected chi connectivity index (χ1v) is 9.13. The first-order chi connectivity index (χ1) is 13.0. The van der Waals surface area contributed by atoms with Gasteiger partial charge in [-0.2, -0.15) is 0 Å². The molecule has 1 aromatic heterocycles. The van der Waals surface area contributed by atoms with Crippen molar-refractivity contribution in [2.24, 2.45) is 0 Å². The van der Waals surface area contributed by atoms with Crippen molar-refractivity contribution in [3.8, 4) is 5.75 Å². The summed E-state index contributed by atoms with van der Waals surface area (Å²) in [6, 6.07) is 14.4. The highest BCUT2D eigenvalue weighted by atomic mass is 35.5. The van der Waals surface area contributed by atoms with Crippen LogP contribution in [0.4, 0.5) is 0 Å². The third-order valence-electron chi connectivity index (χ3n) is 4.26. The summed E-state index contributed by atoms with van der Waals surface area (Å²) in [4.78, 5) is 25.8. The van der Waals surface area contributed by atoms with Crippen LogP contribution in [0.2, 0.25) is 5.02 Å². The summed E-state index contributed by atoms with van der Waals surface area (Å²) in [5.41, 5.74) is 1.31. The molecule has 1 amide bonds. The molecule has 3 aromatic rings. The van der Waals surface area contributed by atoms with Gasteiger partial charge in [-0.3, -0.25) is 9.36 Å². The molecule has 0 radical (unpaired) electrons. The molecule has 3 rings (SSSR count). The van der Waals surface area contributed by atoms with Gasteiger partial charge in [0.15, 0.2) is 5.58 Å². The number of carbonyl (C=O) groups is 1. The van der Waals surface area contributed by atoms with Gasteiger partial charge >= 0.3 is 5.76 Å². The van der Waals surface area contributed by atoms with Gasteiger partial charge in [-0.15, -0.1) is 0 Å². The molecule has 0 unspecified atom stereocenters. The Kier molecular flexibility index (Phi) is 6.19. The molecule has 0 saturated carbocycles. The Morgan fingerprint density at radius 3 is 2.85 bits per heavy atom. The Balaban J connectivity index is 1.44. The van der Waals surface area contributed by atoms with Crippen LogP contribution in [0.3, 0.4) is 0 Å². The SMILES string of the molecule is CN(CCOc1cccc(Cl)c1)C(=O)CCCn1c(=O)oc2ccccc21. The number of aryl methyl sites for hydroxylation is 1. The highest BCUT2D eigenvalue weighted by molar-refractivity contribution is 6.30. The first-order valence-electron chi connectivity index (χ1n) is 8.75. The number of para-hydroxylation sites is 2. The number of halogens is 1. The molecule has 0 fully saturated rings. The number of hydrogen-bond acceptors (Lipinski definition) is 4. The normalized spacial score (nSPS) is 10.9. The molecule has 0 N–H and O–H groups in total. The molecule has 142 valence electrons. The maximum absolute atomic E-state index is 12.3. The van der Waals surface area contributed by atoms with Crippen LogP contribution in [0, 0.1) is 0 Å². The van der Waals surface area contributed by atoms with Crippen molar-refractivity contribution in [1.29, 1.82) is 0 Å². The Hall–Kier alpha value is -2.73. The zero-order valence-electron chi connectivity index (χ0n) is 15.1. The molecule has 1 heterocycles. The maximum atomic E-state index is 12.3. The summed E-state index contributed by atoms with van der Waals surface area (Å²) in [6.07, 6.45) is 0.904. The second-order valence-electron chi connectivity index (χ2n) is 6.21. The van der Waals surface area contributed by atoms with E-state index in [4.69, 9.17) is 20.8 Å². The van der Waals surface area contributed by atoms with E-state index in [0.717, 1.165) is 5.52 Å². The number of fused-ring (bicyclic) bond motifs is 1. The van der Waals surface area contributed by atoms with Crippen molar-refractivity contribution in [3.63, 3.8) is 0 Å². The van der Waals surface area contributed by atoms with E-state index in [1.807, 2.05) is 30.3 Å². The Bertz CT molecular complexity index is 979. The van der Waals surface area contributed by atoms with Crippen LogP contribution in [0.15, 0.2) is 57.7 Å². The van der Waals surface area contributed by atoms with E-state index < -0.39 is 5.76 Å². The smallest absolute Gasteiger partial charge is 0.419 e. The molecule has 6 nitrogen and oxygen atoms in total. The minimum atomic E-state index is -0.396. The molecule has 0 atom stereocenters. The molecule has 0 aliphatic carbocycles. The van der Waals surface area contributed by atoms with Gasteiger partial charge < -0.3 is 14.1 Å². The minimum Gasteiger partial charge on any atom is -0.492 e. The van der Waals surface area contributed by atoms with Crippen molar-refractivity contribution in [1.82, 2.24) is 9.47 Å². The van der Waals surface area contributed by atoms with Crippen molar-refractivity contribution in [3.05, 3.63) is 64.1 Å². The largest absolute Gasteiger partial charge is 0.492 e. The number of benzene rings is 2. The van der Waals surface area contributed by atoms with Gasteiger partial charge in [-0.25, -0.2) is 4.79 Å². The summed E-state index contributed by atoms with van der Waals surface area (Å²) in [6.45, 7) is 1.29. The van der Waals surface area contributed by atoms with Crippen LogP contribution in [0.25, 0.3) is 11.1 Å². The van der Waals surface area contributed by atoms with Crippen LogP contribution in [0.5, 0.6) is 5.75 Å². The number of carbonyl (C=O) groups excluding carboxylic acids is 1. The molecular formula is C20H21ClN2O4. The summed E-state index contributed by atoms with van der Waals surface area (Å²) in [5, 5.41) is 0.610. The molecule has 7 heteroatoms. The van der Waals surface area contributed by atoms with Crippen molar-refractivity contribution >= 4 is 28.6 Å². The molecule has 0 bridgehead atoms. The summed E-state index contributed by atoms with van der Waals surface area (Å²) < 4.78 is 12.4. The zero-order chi connectivity index (χ0) is 19.2. The van der Waals surface area contributed by atoms with E-state index in [0.29, 0.717) is 48.9 Å². The quantitative estimate of drug-likeness (QED) is 0.591. The standard InChI is InChI=1S/C20H21ClN2O4/c1-22(12-13-26-16-7-4-6-15(21)14-16)19(24)10-5-11-23-17-8-2-3-9-18(17)27-20(23)25/h2-4,6-9,14H,5,10-13H2,1H3. The number of aromatic nitrogens is 1. The second kappa shape index (κ2) is 8.77. The number of nitrogens with zero attached hydrogens (tertiary/aromatic N) is 2. The van der Waals surface area contributed by atoms with E-state index in [-0.39, 0.29) is 5.91 Å². The van der Waals surface area contributed by atoms with Gasteiger partial charge in [-0.05, 0) is 36.8 Å². The minimum absolute atomic E-state index is 0.00513. The Labute approximate surface area is 161 Å². The van der Waals surface area contributed by atoms with E-state index >= 15 is 0 Å². The third-order valence-corrected chi connectivity index (χ3v) is 4.50. The lowest BCUT2D eigenvalue weighted by Crippen LogP contribution is -2.31. The number of likely N-dealkylation sites (N-methyl/N-ethyl adjacent to an activating group) is 1. The van der Waals surface area contributed by atoms with Crippen molar-refractivity contribution < 1.29 is 13.9 Å². The lowest BCUT2D eigenvalue weighted by Gasteiger charge is -2.17. The zero-order valence-corrected chi connectivity index (χ0v) is 15.8. The summed E-state index contributed by atoms with van der Waals surface area (Å²) >= 11 is 5.91. The van der Waals surface area contributed by atoms with Crippen LogP contribution < -0.4 is 10.5 Å². The molecule has 2 aromatic carbocycles. The van der Waals surface area contributed by atoms with E-state index in [9.17, 15) is 9.59 Å². The topological polar surface area (TPSA) is 64.7 Å². The highest BCUT2D eigenvalue weighted by Crippen LogP contribution is 2.17. The van der Waals surface area contributed by atoms with Crippen LogP contribution >= 0.6 is 11.6 Å². The number of rotatable bonds is 8. The molecule has 0 aliphatic heterocycles. The van der Waals surface area contributed by atoms with Crippen LogP contribution in [0.1, 0.15) is 12.8 Å². The van der Waals surface area contributed by atoms with Gasteiger partial charge in [-0.1, -0.05) is 29.8 Å². The number of ether oxygens (including phenoxy) is 1. The molecular weight excluding hydrogens is 368 g/mol. The lowest BCUT2D eigenvalue weighted by atomic mass is 10.2. The third kappa shape index (κ3) is 4.92. The second-order valence-corrected chi connectivity index (χ2v) is 6.65. The predicted octanol–water partition coefficient (Wildman–Crippen LogP) is 3.57. The van der Waals surface area contributed by atoms with E-state index in [2.05, 4.69) is 0 Å². The first kappa shape index (κ1) is 19.0. The molecule has 0 aliphatic rings. The average molecular weight is 389 g/mol.